The molecule has 84 valence electrons. The Hall–Kier alpha value is -1.57. The lowest BCUT2D eigenvalue weighted by Crippen LogP contribution is -2.16. The van der Waals surface area contributed by atoms with Crippen molar-refractivity contribution in [1.82, 2.24) is 0 Å². The molecule has 0 saturated heterocycles. The fourth-order valence-corrected chi connectivity index (χ4v) is 2.18. The number of aryl methyl sites for hydroxylation is 2. The molecule has 0 aliphatic heterocycles. The Bertz CT molecular complexity index is 460. The van der Waals surface area contributed by atoms with Gasteiger partial charge in [-0.3, -0.25) is 4.79 Å². The molecule has 1 aromatic carbocycles. The first kappa shape index (κ1) is 10.9. The predicted octanol–water partition coefficient (Wildman–Crippen LogP) is 2.99. The zero-order valence-electron chi connectivity index (χ0n) is 10.1. The van der Waals surface area contributed by atoms with E-state index in [9.17, 15) is 4.79 Å². The lowest BCUT2D eigenvalue weighted by atomic mass is 10.1. The van der Waals surface area contributed by atoms with Crippen LogP contribution in [0.2, 0.25) is 0 Å². The molecule has 0 amide bonds. The molecular formula is C14H17NO. The number of allylic oxidation sites excluding steroid dienone is 2. The van der Waals surface area contributed by atoms with E-state index < -0.39 is 0 Å². The van der Waals surface area contributed by atoms with E-state index in [2.05, 4.69) is 36.9 Å². The summed E-state index contributed by atoms with van der Waals surface area (Å²) in [5.74, 6) is 0.242. The van der Waals surface area contributed by atoms with Gasteiger partial charge in [-0.2, -0.15) is 0 Å². The molecule has 2 nitrogen and oxygen atoms in total. The molecule has 1 aliphatic carbocycles. The SMILES string of the molecule is Cc1ccc(N(C)C2=CC(=O)CC2)c(C)c1. The van der Waals surface area contributed by atoms with E-state index in [1.54, 1.807) is 6.08 Å². The van der Waals surface area contributed by atoms with Gasteiger partial charge in [0.15, 0.2) is 5.78 Å². The van der Waals surface area contributed by atoms with Gasteiger partial charge in [0.25, 0.3) is 0 Å². The highest BCUT2D eigenvalue weighted by atomic mass is 16.1. The van der Waals surface area contributed by atoms with Gasteiger partial charge in [-0.25, -0.2) is 0 Å². The van der Waals surface area contributed by atoms with E-state index in [1.165, 1.54) is 16.8 Å². The van der Waals surface area contributed by atoms with Crippen LogP contribution >= 0.6 is 0 Å². The molecule has 0 bridgehead atoms. The molecule has 0 aromatic heterocycles. The van der Waals surface area contributed by atoms with Crippen LogP contribution in [-0.4, -0.2) is 12.8 Å². The van der Waals surface area contributed by atoms with Crippen LogP contribution in [0.25, 0.3) is 0 Å². The van der Waals surface area contributed by atoms with Crippen LogP contribution in [-0.2, 0) is 4.79 Å². The second-order valence-electron chi connectivity index (χ2n) is 4.45. The number of hydrogen-bond acceptors (Lipinski definition) is 2. The lowest BCUT2D eigenvalue weighted by Gasteiger charge is -2.22. The molecule has 2 heteroatoms. The number of hydrogen-bond donors (Lipinski definition) is 0. The molecule has 1 aliphatic rings. The third-order valence-corrected chi connectivity index (χ3v) is 3.10. The third kappa shape index (κ3) is 2.01. The standard InChI is InChI=1S/C14H17NO/c1-10-4-7-14(11(2)8-10)15(3)12-5-6-13(16)9-12/h4,7-9H,5-6H2,1-3H3. The van der Waals surface area contributed by atoms with Crippen molar-refractivity contribution in [2.45, 2.75) is 26.7 Å². The molecule has 0 radical (unpaired) electrons. The predicted molar refractivity (Wildman–Crippen MR) is 66.6 cm³/mol. The van der Waals surface area contributed by atoms with Crippen molar-refractivity contribution in [3.05, 3.63) is 41.1 Å². The van der Waals surface area contributed by atoms with Gasteiger partial charge in [0.1, 0.15) is 0 Å². The number of ketones is 1. The zero-order valence-corrected chi connectivity index (χ0v) is 10.1. The molecule has 0 saturated carbocycles. The Morgan fingerprint density at radius 1 is 1.19 bits per heavy atom. The summed E-state index contributed by atoms with van der Waals surface area (Å²) in [6, 6.07) is 6.40. The second kappa shape index (κ2) is 4.12. The largest absolute Gasteiger partial charge is 0.348 e. The van der Waals surface area contributed by atoms with Crippen molar-refractivity contribution in [3.63, 3.8) is 0 Å². The number of benzene rings is 1. The Morgan fingerprint density at radius 3 is 2.50 bits per heavy atom. The summed E-state index contributed by atoms with van der Waals surface area (Å²) in [6.07, 6.45) is 3.28. The maximum atomic E-state index is 11.2. The molecule has 0 N–H and O–H groups in total. The van der Waals surface area contributed by atoms with Gasteiger partial charge < -0.3 is 4.90 Å². The van der Waals surface area contributed by atoms with Gasteiger partial charge >= 0.3 is 0 Å². The zero-order chi connectivity index (χ0) is 11.7. The van der Waals surface area contributed by atoms with Crippen LogP contribution in [0.15, 0.2) is 30.0 Å². The first-order valence-electron chi connectivity index (χ1n) is 5.62. The van der Waals surface area contributed by atoms with Crippen molar-refractivity contribution in [1.29, 1.82) is 0 Å². The number of nitrogens with zero attached hydrogens (tertiary/aromatic N) is 1. The molecule has 0 unspecified atom stereocenters. The first-order chi connectivity index (χ1) is 7.58. The average molecular weight is 215 g/mol. The smallest absolute Gasteiger partial charge is 0.157 e. The molecule has 1 aromatic rings. The molecule has 16 heavy (non-hydrogen) atoms. The van der Waals surface area contributed by atoms with Crippen LogP contribution in [0.3, 0.4) is 0 Å². The summed E-state index contributed by atoms with van der Waals surface area (Å²) in [5.41, 5.74) is 4.83. The minimum Gasteiger partial charge on any atom is -0.348 e. The maximum absolute atomic E-state index is 11.2. The Morgan fingerprint density at radius 2 is 1.94 bits per heavy atom. The number of anilines is 1. The summed E-state index contributed by atoms with van der Waals surface area (Å²) in [6.45, 7) is 4.20. The lowest BCUT2D eigenvalue weighted by molar-refractivity contribution is -0.114. The fourth-order valence-electron chi connectivity index (χ4n) is 2.18. The van der Waals surface area contributed by atoms with Crippen LogP contribution in [0.4, 0.5) is 5.69 Å². The minimum absolute atomic E-state index is 0.242. The van der Waals surface area contributed by atoms with Crippen LogP contribution in [0, 0.1) is 13.8 Å². The Labute approximate surface area is 96.6 Å². The van der Waals surface area contributed by atoms with Crippen LogP contribution < -0.4 is 4.90 Å². The fraction of sp³-hybridized carbons (Fsp3) is 0.357. The molecule has 0 fully saturated rings. The van der Waals surface area contributed by atoms with Gasteiger partial charge in [-0.15, -0.1) is 0 Å². The van der Waals surface area contributed by atoms with Gasteiger partial charge in [-0.05, 0) is 31.9 Å². The van der Waals surface area contributed by atoms with E-state index >= 15 is 0 Å². The van der Waals surface area contributed by atoms with Crippen molar-refractivity contribution in [2.75, 3.05) is 11.9 Å². The number of rotatable bonds is 2. The topological polar surface area (TPSA) is 20.3 Å². The van der Waals surface area contributed by atoms with E-state index in [1.807, 2.05) is 7.05 Å². The molecule has 0 heterocycles. The van der Waals surface area contributed by atoms with Gasteiger partial charge in [0.05, 0.1) is 0 Å². The summed E-state index contributed by atoms with van der Waals surface area (Å²) in [4.78, 5) is 13.3. The van der Waals surface area contributed by atoms with Gasteiger partial charge in [0, 0.05) is 30.9 Å². The van der Waals surface area contributed by atoms with E-state index in [0.717, 1.165) is 12.1 Å². The van der Waals surface area contributed by atoms with E-state index in [0.29, 0.717) is 6.42 Å². The summed E-state index contributed by atoms with van der Waals surface area (Å²) in [5, 5.41) is 0. The normalized spacial score (nSPS) is 15.2. The second-order valence-corrected chi connectivity index (χ2v) is 4.45. The van der Waals surface area contributed by atoms with Crippen LogP contribution in [0.5, 0.6) is 0 Å². The van der Waals surface area contributed by atoms with Crippen molar-refractivity contribution in [3.8, 4) is 0 Å². The monoisotopic (exact) mass is 215 g/mol. The number of carbonyl (C=O) groups is 1. The van der Waals surface area contributed by atoms with Crippen LogP contribution in [0.1, 0.15) is 24.0 Å². The van der Waals surface area contributed by atoms with Crippen molar-refractivity contribution < 1.29 is 4.79 Å². The molecule has 0 spiro atoms. The van der Waals surface area contributed by atoms with Crippen molar-refractivity contribution in [2.24, 2.45) is 0 Å². The quantitative estimate of drug-likeness (QED) is 0.756. The summed E-state index contributed by atoms with van der Waals surface area (Å²) in [7, 11) is 2.03. The van der Waals surface area contributed by atoms with Gasteiger partial charge in [0.2, 0.25) is 0 Å². The Kier molecular flexibility index (Phi) is 2.82. The minimum atomic E-state index is 0.242. The third-order valence-electron chi connectivity index (χ3n) is 3.10. The Balaban J connectivity index is 2.30. The highest BCUT2D eigenvalue weighted by Gasteiger charge is 2.17. The molecule has 0 atom stereocenters. The number of carbonyl (C=O) groups excluding carboxylic acids is 1. The first-order valence-corrected chi connectivity index (χ1v) is 5.62. The highest BCUT2D eigenvalue weighted by molar-refractivity contribution is 5.93. The summed E-state index contributed by atoms with van der Waals surface area (Å²) >= 11 is 0. The molecule has 2 rings (SSSR count). The summed E-state index contributed by atoms with van der Waals surface area (Å²) < 4.78 is 0. The maximum Gasteiger partial charge on any atom is 0.157 e. The highest BCUT2D eigenvalue weighted by Crippen LogP contribution is 2.27. The average Bonchev–Trinajstić information content (AvgIpc) is 2.64. The molecular weight excluding hydrogens is 198 g/mol. The van der Waals surface area contributed by atoms with E-state index in [-0.39, 0.29) is 5.78 Å². The van der Waals surface area contributed by atoms with Crippen molar-refractivity contribution >= 4 is 11.5 Å². The van der Waals surface area contributed by atoms with E-state index in [4.69, 9.17) is 0 Å². The van der Waals surface area contributed by atoms with Gasteiger partial charge in [-0.1, -0.05) is 17.7 Å².